The van der Waals surface area contributed by atoms with E-state index in [2.05, 4.69) is 34.5 Å². The van der Waals surface area contributed by atoms with E-state index in [9.17, 15) is 10.2 Å². The number of para-hydroxylation sites is 1. The first-order valence-electron chi connectivity index (χ1n) is 8.75. The molecule has 4 rings (SSSR count). The lowest BCUT2D eigenvalue weighted by atomic mass is 10.0. The van der Waals surface area contributed by atoms with Gasteiger partial charge >= 0.3 is 0 Å². The number of rotatable bonds is 3. The maximum Gasteiger partial charge on any atom is 0.176 e. The third-order valence-electron chi connectivity index (χ3n) is 4.94. The van der Waals surface area contributed by atoms with Gasteiger partial charge in [0.25, 0.3) is 0 Å². The van der Waals surface area contributed by atoms with Crippen molar-refractivity contribution in [1.29, 1.82) is 0 Å². The number of halogens is 2. The van der Waals surface area contributed by atoms with Gasteiger partial charge in [-0.2, -0.15) is 0 Å². The lowest BCUT2D eigenvalue weighted by Crippen LogP contribution is -2.32. The second kappa shape index (κ2) is 8.42. The van der Waals surface area contributed by atoms with E-state index >= 15 is 0 Å². The van der Waals surface area contributed by atoms with Gasteiger partial charge < -0.3 is 15.1 Å². The summed E-state index contributed by atoms with van der Waals surface area (Å²) in [6.45, 7) is 0. The molecule has 1 aliphatic rings. The van der Waals surface area contributed by atoms with Crippen LogP contribution in [-0.2, 0) is 12.8 Å². The molecule has 0 radical (unpaired) electrons. The molecule has 0 saturated carbocycles. The second-order valence-electron chi connectivity index (χ2n) is 6.59. The van der Waals surface area contributed by atoms with Gasteiger partial charge in [0, 0.05) is 29.1 Å². The predicted molar refractivity (Wildman–Crippen MR) is 115 cm³/mol. The van der Waals surface area contributed by atoms with Crippen LogP contribution in [0.15, 0.2) is 53.9 Å². The lowest BCUT2D eigenvalue weighted by molar-refractivity contribution is 0.403. The van der Waals surface area contributed by atoms with Crippen molar-refractivity contribution in [1.82, 2.24) is 0 Å². The van der Waals surface area contributed by atoms with Gasteiger partial charge in [0.15, 0.2) is 11.5 Å². The standard InChI is InChI=1S/C21H20ClNO2S.ClH/c22-20-17-10-4-8-15(12-16-9-5-11-26-16)23(14-6-2-1-3-7-14)18(17)13-19(24)21(20)25;/h1-3,5-7,9,11,13,15,24-25H,4,8,10,12H2;1H. The summed E-state index contributed by atoms with van der Waals surface area (Å²) < 4.78 is 0. The summed E-state index contributed by atoms with van der Waals surface area (Å²) in [6.07, 6.45) is 3.72. The number of phenolic OH excluding ortho intramolecular Hbond substituents is 2. The Balaban J connectivity index is 0.00000210. The minimum atomic E-state index is -0.227. The number of hydrogen-bond donors (Lipinski definition) is 2. The van der Waals surface area contributed by atoms with E-state index in [1.165, 1.54) is 4.88 Å². The fraction of sp³-hybridized carbons (Fsp3) is 0.238. The molecule has 2 heterocycles. The molecular formula is C21H21Cl2NO2S. The van der Waals surface area contributed by atoms with Crippen LogP contribution in [0, 0.1) is 0 Å². The van der Waals surface area contributed by atoms with Gasteiger partial charge in [-0.1, -0.05) is 35.9 Å². The van der Waals surface area contributed by atoms with Crippen LogP contribution in [0.4, 0.5) is 11.4 Å². The van der Waals surface area contributed by atoms with Gasteiger partial charge in [-0.15, -0.1) is 23.7 Å². The maximum atomic E-state index is 10.2. The third kappa shape index (κ3) is 3.88. The number of phenols is 2. The van der Waals surface area contributed by atoms with E-state index in [4.69, 9.17) is 11.6 Å². The van der Waals surface area contributed by atoms with Crippen molar-refractivity contribution < 1.29 is 10.2 Å². The summed E-state index contributed by atoms with van der Waals surface area (Å²) in [4.78, 5) is 3.61. The molecule has 0 fully saturated rings. The highest BCUT2D eigenvalue weighted by molar-refractivity contribution is 7.09. The molecule has 0 bridgehead atoms. The van der Waals surface area contributed by atoms with E-state index in [0.717, 1.165) is 42.6 Å². The molecule has 1 aliphatic heterocycles. The van der Waals surface area contributed by atoms with Crippen LogP contribution in [0.1, 0.15) is 23.3 Å². The zero-order valence-electron chi connectivity index (χ0n) is 14.6. The SMILES string of the molecule is Cl.Oc1cc2c(c(Cl)c1O)CCCC(Cc1cccs1)N2c1ccccc1. The van der Waals surface area contributed by atoms with Crippen molar-refractivity contribution in [3.8, 4) is 11.5 Å². The van der Waals surface area contributed by atoms with Crippen LogP contribution in [0.5, 0.6) is 11.5 Å². The minimum Gasteiger partial charge on any atom is -0.504 e. The molecule has 3 nitrogen and oxygen atoms in total. The first kappa shape index (κ1) is 19.9. The Bertz CT molecular complexity index is 900. The van der Waals surface area contributed by atoms with Crippen LogP contribution in [0.3, 0.4) is 0 Å². The molecule has 3 aromatic rings. The molecule has 2 aromatic carbocycles. The molecule has 27 heavy (non-hydrogen) atoms. The van der Waals surface area contributed by atoms with E-state index in [1.54, 1.807) is 17.4 Å². The second-order valence-corrected chi connectivity index (χ2v) is 8.00. The summed E-state index contributed by atoms with van der Waals surface area (Å²) in [7, 11) is 0. The smallest absolute Gasteiger partial charge is 0.176 e. The summed E-state index contributed by atoms with van der Waals surface area (Å²) in [6, 6.07) is 16.3. The Kier molecular flexibility index (Phi) is 6.20. The van der Waals surface area contributed by atoms with Crippen molar-refractivity contribution >= 4 is 46.7 Å². The molecule has 0 spiro atoms. The Hall–Kier alpha value is -1.88. The fourth-order valence-corrected chi connectivity index (χ4v) is 4.80. The summed E-state index contributed by atoms with van der Waals surface area (Å²) in [5.74, 6) is -0.401. The van der Waals surface area contributed by atoms with Crippen LogP contribution in [0.2, 0.25) is 5.02 Å². The molecule has 0 aliphatic carbocycles. The largest absolute Gasteiger partial charge is 0.504 e. The van der Waals surface area contributed by atoms with E-state index < -0.39 is 0 Å². The van der Waals surface area contributed by atoms with Crippen LogP contribution in [0.25, 0.3) is 0 Å². The van der Waals surface area contributed by atoms with Gasteiger partial charge in [0.05, 0.1) is 10.7 Å². The zero-order chi connectivity index (χ0) is 18.1. The number of fused-ring (bicyclic) bond motifs is 1. The summed E-state index contributed by atoms with van der Waals surface area (Å²) in [5.41, 5.74) is 2.86. The molecule has 0 amide bonds. The third-order valence-corrected chi connectivity index (χ3v) is 6.24. The first-order chi connectivity index (χ1) is 12.6. The van der Waals surface area contributed by atoms with Gasteiger partial charge in [-0.3, -0.25) is 0 Å². The Labute approximate surface area is 174 Å². The number of thiophene rings is 1. The van der Waals surface area contributed by atoms with E-state index in [0.29, 0.717) is 0 Å². The quantitative estimate of drug-likeness (QED) is 0.486. The van der Waals surface area contributed by atoms with Crippen molar-refractivity contribution in [3.05, 3.63) is 69.4 Å². The van der Waals surface area contributed by atoms with Gasteiger partial charge in [0.2, 0.25) is 0 Å². The molecule has 2 N–H and O–H groups in total. The lowest BCUT2D eigenvalue weighted by Gasteiger charge is -2.33. The highest BCUT2D eigenvalue weighted by atomic mass is 35.5. The van der Waals surface area contributed by atoms with Crippen molar-refractivity contribution in [2.24, 2.45) is 0 Å². The van der Waals surface area contributed by atoms with Crippen molar-refractivity contribution in [2.45, 2.75) is 31.7 Å². The van der Waals surface area contributed by atoms with Gasteiger partial charge in [-0.25, -0.2) is 0 Å². The number of aromatic hydroxyl groups is 2. The number of nitrogens with zero attached hydrogens (tertiary/aromatic N) is 1. The monoisotopic (exact) mass is 421 g/mol. The van der Waals surface area contributed by atoms with Gasteiger partial charge in [0.1, 0.15) is 0 Å². The highest BCUT2D eigenvalue weighted by Crippen LogP contribution is 2.47. The molecule has 1 unspecified atom stereocenters. The fourth-order valence-electron chi connectivity index (χ4n) is 3.74. The Morgan fingerprint density at radius 2 is 1.89 bits per heavy atom. The summed E-state index contributed by atoms with van der Waals surface area (Å²) >= 11 is 8.17. The molecule has 0 saturated heterocycles. The predicted octanol–water partition coefficient (Wildman–Crippen LogP) is 6.32. The van der Waals surface area contributed by atoms with Gasteiger partial charge in [-0.05, 0) is 48.4 Å². The van der Waals surface area contributed by atoms with E-state index in [-0.39, 0.29) is 35.0 Å². The molecule has 6 heteroatoms. The number of hydrogen-bond acceptors (Lipinski definition) is 4. The minimum absolute atomic E-state index is 0. The average Bonchev–Trinajstić information content (AvgIpc) is 3.09. The molecule has 1 aromatic heterocycles. The highest BCUT2D eigenvalue weighted by Gasteiger charge is 2.29. The average molecular weight is 422 g/mol. The first-order valence-corrected chi connectivity index (χ1v) is 10.0. The Morgan fingerprint density at radius 3 is 2.59 bits per heavy atom. The Morgan fingerprint density at radius 1 is 1.11 bits per heavy atom. The topological polar surface area (TPSA) is 43.7 Å². The van der Waals surface area contributed by atoms with Crippen molar-refractivity contribution in [2.75, 3.05) is 4.90 Å². The van der Waals surface area contributed by atoms with Crippen molar-refractivity contribution in [3.63, 3.8) is 0 Å². The van der Waals surface area contributed by atoms with Crippen LogP contribution >= 0.6 is 35.3 Å². The van der Waals surface area contributed by atoms with Crippen LogP contribution in [-0.4, -0.2) is 16.3 Å². The normalized spacial score (nSPS) is 16.3. The number of anilines is 2. The van der Waals surface area contributed by atoms with Crippen LogP contribution < -0.4 is 4.90 Å². The maximum absolute atomic E-state index is 10.2. The number of benzene rings is 2. The summed E-state index contributed by atoms with van der Waals surface area (Å²) in [5, 5.41) is 22.6. The molecular weight excluding hydrogens is 401 g/mol. The molecule has 142 valence electrons. The van der Waals surface area contributed by atoms with E-state index in [1.807, 2.05) is 18.2 Å². The molecule has 1 atom stereocenters. The zero-order valence-corrected chi connectivity index (χ0v) is 17.0.